The molecule has 0 fully saturated rings. The van der Waals surface area contributed by atoms with Crippen molar-refractivity contribution in [3.05, 3.63) is 97.2 Å². The molecule has 9 nitrogen and oxygen atoms in total. The lowest BCUT2D eigenvalue weighted by Crippen LogP contribution is -2.47. The van der Waals surface area contributed by atoms with Gasteiger partial charge in [-0.2, -0.15) is 0 Å². The molecule has 456 valence electrons. The highest BCUT2D eigenvalue weighted by atomic mass is 31.2. The van der Waals surface area contributed by atoms with E-state index in [9.17, 15) is 19.0 Å². The molecule has 0 aromatic heterocycles. The Hall–Kier alpha value is -3.07. The summed E-state index contributed by atoms with van der Waals surface area (Å²) in [5.41, 5.74) is 0. The molecule has 2 N–H and O–H groups in total. The van der Waals surface area contributed by atoms with Gasteiger partial charge in [-0.15, -0.1) is 0 Å². The van der Waals surface area contributed by atoms with Crippen LogP contribution in [0.15, 0.2) is 97.2 Å². The fraction of sp³-hybridized carbons (Fsp3) is 0.739. The molecule has 3 atom stereocenters. The predicted molar refractivity (Wildman–Crippen MR) is 341 cm³/mol. The van der Waals surface area contributed by atoms with Crippen LogP contribution in [0.5, 0.6) is 0 Å². The lowest BCUT2D eigenvalue weighted by atomic mass is 10.0. The van der Waals surface area contributed by atoms with Gasteiger partial charge in [0.25, 0.3) is 0 Å². The molecule has 0 aliphatic carbocycles. The van der Waals surface area contributed by atoms with Gasteiger partial charge in [0.05, 0.1) is 33.8 Å². The Balaban J connectivity index is 5.19. The van der Waals surface area contributed by atoms with Crippen LogP contribution in [0.2, 0.25) is 0 Å². The monoisotopic (exact) mass is 1120 g/mol. The minimum absolute atomic E-state index is 0.0324. The summed E-state index contributed by atoms with van der Waals surface area (Å²) >= 11 is 0. The molecular formula is C69H124N2O7P+. The van der Waals surface area contributed by atoms with E-state index in [-0.39, 0.29) is 31.5 Å². The first kappa shape index (κ1) is 75.9. The number of ether oxygens (including phenoxy) is 1. The molecule has 0 saturated carbocycles. The number of nitrogens with zero attached hydrogens (tertiary/aromatic N) is 1. The molecule has 79 heavy (non-hydrogen) atoms. The number of carbonyl (C=O) groups excluding carboxylic acids is 2. The van der Waals surface area contributed by atoms with Crippen molar-refractivity contribution in [2.24, 2.45) is 0 Å². The zero-order valence-electron chi connectivity index (χ0n) is 52.1. The molecule has 1 amide bonds. The molecule has 0 radical (unpaired) electrons. The summed E-state index contributed by atoms with van der Waals surface area (Å²) in [5, 5.41) is 3.05. The lowest BCUT2D eigenvalue weighted by Gasteiger charge is -2.27. The molecule has 0 rings (SSSR count). The van der Waals surface area contributed by atoms with Crippen molar-refractivity contribution in [1.82, 2.24) is 5.32 Å². The van der Waals surface area contributed by atoms with Gasteiger partial charge >= 0.3 is 13.8 Å². The number of hydrogen-bond donors (Lipinski definition) is 2. The zero-order chi connectivity index (χ0) is 57.9. The van der Waals surface area contributed by atoms with E-state index in [0.717, 1.165) is 109 Å². The first-order valence-electron chi connectivity index (χ1n) is 32.6. The number of phosphoric ester groups is 1. The molecule has 10 heteroatoms. The predicted octanol–water partition coefficient (Wildman–Crippen LogP) is 20.3. The van der Waals surface area contributed by atoms with Crippen LogP contribution in [0.4, 0.5) is 0 Å². The second kappa shape index (κ2) is 58.1. The van der Waals surface area contributed by atoms with Gasteiger partial charge in [-0.05, 0) is 109 Å². The van der Waals surface area contributed by atoms with Crippen molar-refractivity contribution < 1.29 is 37.3 Å². The number of amides is 1. The first-order chi connectivity index (χ1) is 38.4. The fourth-order valence-corrected chi connectivity index (χ4v) is 9.73. The summed E-state index contributed by atoms with van der Waals surface area (Å²) in [5.74, 6) is -0.530. The standard InChI is InChI=1S/C69H123N2O7P/c1-7-10-13-16-19-22-25-27-29-31-33-35-37-39-41-43-46-49-52-55-58-61-68(72)70-66(65-77-79(74,75)76-64-63-71(4,5)6)67(60-57-54-51-48-45-24-21-18-15-12-9-3)78-69(73)62-59-56-53-50-47-44-42-40-38-36-34-32-30-28-26-23-20-17-14-11-8-2/h11,14,19-20,22-23,27-30,34,36,40,42,57,60,66-67H,7-10,12-13,15-18,21,24-26,31-33,35,37-39,41,43-56,58-59,61-65H2,1-6H3,(H-,70,72,74,75)/p+1/b14-11-,22-19-,23-20-,29-27-,30-28-,36-34-,42-40-,60-57+. The Morgan fingerprint density at radius 2 is 0.810 bits per heavy atom. The van der Waals surface area contributed by atoms with Crippen molar-refractivity contribution in [1.29, 1.82) is 0 Å². The number of esters is 1. The minimum Gasteiger partial charge on any atom is -0.456 e. The maximum Gasteiger partial charge on any atom is 0.472 e. The number of carbonyl (C=O) groups is 2. The molecule has 0 bridgehead atoms. The number of likely N-dealkylation sites (N-methyl/N-ethyl adjacent to an activating group) is 1. The van der Waals surface area contributed by atoms with Crippen molar-refractivity contribution in [2.75, 3.05) is 40.9 Å². The fourth-order valence-electron chi connectivity index (χ4n) is 9.00. The zero-order valence-corrected chi connectivity index (χ0v) is 53.0. The van der Waals surface area contributed by atoms with Crippen LogP contribution in [0.25, 0.3) is 0 Å². The summed E-state index contributed by atoms with van der Waals surface area (Å²) in [6.07, 6.45) is 78.3. The molecule has 0 spiro atoms. The maximum atomic E-state index is 13.6. The van der Waals surface area contributed by atoms with E-state index in [1.807, 2.05) is 33.3 Å². The normalized spacial score (nSPS) is 14.3. The van der Waals surface area contributed by atoms with Gasteiger partial charge in [-0.25, -0.2) is 4.57 Å². The van der Waals surface area contributed by atoms with E-state index in [0.29, 0.717) is 23.9 Å². The smallest absolute Gasteiger partial charge is 0.456 e. The SMILES string of the molecule is CC/C=C\C/C=C\C/C=C\C/C=C\C/C=C\CCCCCCCC(=O)OC(/C=C/CCCCCCCCCCC)C(COP(=O)(O)OCC[N+](C)(C)C)NC(=O)CCCCCCCCCCCCC/C=C\C/C=C\CCCCC. The number of rotatable bonds is 58. The van der Waals surface area contributed by atoms with Crippen molar-refractivity contribution >= 4 is 19.7 Å². The average molecular weight is 1120 g/mol. The Labute approximate surface area is 488 Å². The summed E-state index contributed by atoms with van der Waals surface area (Å²) in [7, 11) is 1.47. The van der Waals surface area contributed by atoms with E-state index in [2.05, 4.69) is 111 Å². The molecule has 0 saturated heterocycles. The maximum absolute atomic E-state index is 13.6. The average Bonchev–Trinajstić information content (AvgIpc) is 3.41. The second-order valence-corrected chi connectivity index (χ2v) is 24.4. The van der Waals surface area contributed by atoms with Gasteiger partial charge < -0.3 is 19.4 Å². The van der Waals surface area contributed by atoms with Gasteiger partial charge in [0, 0.05) is 12.8 Å². The Kier molecular flexibility index (Phi) is 55.9. The summed E-state index contributed by atoms with van der Waals surface area (Å²) in [6, 6.07) is -0.863. The molecule has 0 aromatic carbocycles. The Bertz CT molecular complexity index is 1670. The molecule has 0 heterocycles. The summed E-state index contributed by atoms with van der Waals surface area (Å²) in [4.78, 5) is 37.8. The minimum atomic E-state index is -4.46. The number of hydrogen-bond acceptors (Lipinski definition) is 6. The van der Waals surface area contributed by atoms with Gasteiger partial charge in [0.2, 0.25) is 5.91 Å². The summed E-state index contributed by atoms with van der Waals surface area (Å²) < 4.78 is 30.7. The quantitative estimate of drug-likeness (QED) is 0.0205. The van der Waals surface area contributed by atoms with Crippen molar-refractivity contribution in [2.45, 2.75) is 290 Å². The van der Waals surface area contributed by atoms with Crippen molar-refractivity contribution in [3.8, 4) is 0 Å². The van der Waals surface area contributed by atoms with Crippen LogP contribution < -0.4 is 5.32 Å². The highest BCUT2D eigenvalue weighted by Gasteiger charge is 2.30. The van der Waals surface area contributed by atoms with Gasteiger partial charge in [-0.3, -0.25) is 18.6 Å². The summed E-state index contributed by atoms with van der Waals surface area (Å²) in [6.45, 7) is 6.86. The van der Waals surface area contributed by atoms with Gasteiger partial charge in [0.15, 0.2) is 0 Å². The second-order valence-electron chi connectivity index (χ2n) is 22.9. The Morgan fingerprint density at radius 3 is 1.24 bits per heavy atom. The highest BCUT2D eigenvalue weighted by Crippen LogP contribution is 2.43. The van der Waals surface area contributed by atoms with Crippen LogP contribution in [-0.4, -0.2) is 74.3 Å². The number of unbranched alkanes of at least 4 members (excludes halogenated alkanes) is 28. The lowest BCUT2D eigenvalue weighted by molar-refractivity contribution is -0.870. The number of allylic oxidation sites excluding steroid dienone is 15. The number of nitrogens with one attached hydrogen (secondary N) is 1. The van der Waals surface area contributed by atoms with Gasteiger partial charge in [0.1, 0.15) is 19.3 Å². The largest absolute Gasteiger partial charge is 0.472 e. The third-order valence-corrected chi connectivity index (χ3v) is 15.0. The molecule has 3 unspecified atom stereocenters. The van der Waals surface area contributed by atoms with E-state index in [1.165, 1.54) is 128 Å². The number of phosphoric acid groups is 1. The molecular weight excluding hydrogens is 1000 g/mol. The van der Waals surface area contributed by atoms with Gasteiger partial charge in [-0.1, -0.05) is 253 Å². The molecule has 0 aliphatic heterocycles. The molecule has 0 aliphatic rings. The van der Waals surface area contributed by atoms with Crippen molar-refractivity contribution in [3.63, 3.8) is 0 Å². The Morgan fingerprint density at radius 1 is 0.456 bits per heavy atom. The van der Waals surface area contributed by atoms with Crippen LogP contribution in [0, 0.1) is 0 Å². The van der Waals surface area contributed by atoms with Crippen LogP contribution in [0.3, 0.4) is 0 Å². The van der Waals surface area contributed by atoms with Crippen LogP contribution >= 0.6 is 7.82 Å². The third-order valence-electron chi connectivity index (χ3n) is 14.0. The topological polar surface area (TPSA) is 111 Å². The van der Waals surface area contributed by atoms with Crippen LogP contribution in [0.1, 0.15) is 278 Å². The van der Waals surface area contributed by atoms with Crippen LogP contribution in [-0.2, 0) is 27.9 Å². The third kappa shape index (κ3) is 59.4. The molecule has 0 aromatic rings. The van der Waals surface area contributed by atoms with E-state index < -0.39 is 20.0 Å². The van der Waals surface area contributed by atoms with E-state index in [4.69, 9.17) is 13.8 Å². The van der Waals surface area contributed by atoms with E-state index >= 15 is 0 Å². The number of quaternary nitrogens is 1. The first-order valence-corrected chi connectivity index (χ1v) is 34.1. The van der Waals surface area contributed by atoms with E-state index in [1.54, 1.807) is 0 Å². The highest BCUT2D eigenvalue weighted by molar-refractivity contribution is 7.47.